The van der Waals surface area contributed by atoms with E-state index < -0.39 is 20.7 Å². The molecule has 0 spiro atoms. The quantitative estimate of drug-likeness (QED) is 0.903. The van der Waals surface area contributed by atoms with Gasteiger partial charge in [-0.2, -0.15) is 0 Å². The van der Waals surface area contributed by atoms with E-state index in [-0.39, 0.29) is 18.9 Å². The van der Waals surface area contributed by atoms with Gasteiger partial charge >= 0.3 is 0 Å². The molecule has 1 aromatic carbocycles. The summed E-state index contributed by atoms with van der Waals surface area (Å²) in [5.41, 5.74) is 0.672. The SMILES string of the molecule is CC1(C)C(=O)N(CCNc2ccc(F)cc2)S1(=O)=O. The zero-order valence-corrected chi connectivity index (χ0v) is 11.5. The minimum Gasteiger partial charge on any atom is -0.383 e. The number of carbonyl (C=O) groups excluding carboxylic acids is 1. The molecule has 1 fully saturated rings. The summed E-state index contributed by atoms with van der Waals surface area (Å²) in [5.74, 6) is -0.735. The van der Waals surface area contributed by atoms with Gasteiger partial charge in [-0.3, -0.25) is 4.79 Å². The Bertz CT molecular complexity index is 596. The van der Waals surface area contributed by atoms with Crippen LogP contribution in [-0.4, -0.2) is 36.5 Å². The van der Waals surface area contributed by atoms with Gasteiger partial charge in [0.1, 0.15) is 5.82 Å². The smallest absolute Gasteiger partial charge is 0.258 e. The van der Waals surface area contributed by atoms with Crippen LogP contribution in [0.25, 0.3) is 0 Å². The van der Waals surface area contributed by atoms with Crippen LogP contribution in [0.3, 0.4) is 0 Å². The van der Waals surface area contributed by atoms with E-state index in [0.29, 0.717) is 5.69 Å². The first-order valence-corrected chi connectivity index (χ1v) is 7.27. The summed E-state index contributed by atoms with van der Waals surface area (Å²) in [6.07, 6.45) is 0. The van der Waals surface area contributed by atoms with Gasteiger partial charge in [-0.05, 0) is 38.1 Å². The Morgan fingerprint density at radius 1 is 1.26 bits per heavy atom. The van der Waals surface area contributed by atoms with Crippen molar-refractivity contribution in [2.45, 2.75) is 18.6 Å². The first-order chi connectivity index (χ1) is 8.76. The van der Waals surface area contributed by atoms with E-state index in [2.05, 4.69) is 5.32 Å². The summed E-state index contributed by atoms with van der Waals surface area (Å²) >= 11 is 0. The van der Waals surface area contributed by atoms with Gasteiger partial charge in [-0.25, -0.2) is 17.1 Å². The van der Waals surface area contributed by atoms with Crippen LogP contribution in [0.1, 0.15) is 13.8 Å². The van der Waals surface area contributed by atoms with Gasteiger partial charge in [-0.15, -0.1) is 0 Å². The topological polar surface area (TPSA) is 66.5 Å². The van der Waals surface area contributed by atoms with Gasteiger partial charge in [0.05, 0.1) is 6.54 Å². The van der Waals surface area contributed by atoms with Crippen molar-refractivity contribution in [3.05, 3.63) is 30.1 Å². The van der Waals surface area contributed by atoms with Crippen LogP contribution in [0.4, 0.5) is 10.1 Å². The highest BCUT2D eigenvalue weighted by Gasteiger charge is 2.59. The fourth-order valence-electron chi connectivity index (χ4n) is 1.85. The van der Waals surface area contributed by atoms with E-state index in [9.17, 15) is 17.6 Å². The standard InChI is InChI=1S/C12H15FN2O3S/c1-12(2)11(16)15(19(12,17)18)8-7-14-10-5-3-9(13)4-6-10/h3-6,14H,7-8H2,1-2H3. The summed E-state index contributed by atoms with van der Waals surface area (Å²) < 4.78 is 35.8. The Hall–Kier alpha value is -1.63. The van der Waals surface area contributed by atoms with E-state index >= 15 is 0 Å². The molecular formula is C12H15FN2O3S. The highest BCUT2D eigenvalue weighted by Crippen LogP contribution is 2.34. The molecule has 1 N–H and O–H groups in total. The third-order valence-electron chi connectivity index (χ3n) is 3.16. The van der Waals surface area contributed by atoms with Crippen LogP contribution >= 0.6 is 0 Å². The average molecular weight is 286 g/mol. The van der Waals surface area contributed by atoms with Crippen LogP contribution in [0.2, 0.25) is 0 Å². The number of benzene rings is 1. The van der Waals surface area contributed by atoms with E-state index in [1.165, 1.54) is 26.0 Å². The summed E-state index contributed by atoms with van der Waals surface area (Å²) in [7, 11) is -3.53. The van der Waals surface area contributed by atoms with Crippen molar-refractivity contribution >= 4 is 21.6 Å². The first-order valence-electron chi connectivity index (χ1n) is 5.83. The van der Waals surface area contributed by atoms with Crippen LogP contribution in [0.15, 0.2) is 24.3 Å². The van der Waals surface area contributed by atoms with Crippen molar-refractivity contribution in [3.8, 4) is 0 Å². The van der Waals surface area contributed by atoms with Gasteiger partial charge in [0.2, 0.25) is 0 Å². The highest BCUT2D eigenvalue weighted by molar-refractivity contribution is 7.94. The molecule has 1 aliphatic rings. The van der Waals surface area contributed by atoms with E-state index in [1.54, 1.807) is 12.1 Å². The second-order valence-electron chi connectivity index (χ2n) is 4.83. The molecule has 1 aliphatic heterocycles. The summed E-state index contributed by atoms with van der Waals surface area (Å²) in [4.78, 5) is 11.7. The molecule has 1 aromatic rings. The molecule has 104 valence electrons. The summed E-state index contributed by atoms with van der Waals surface area (Å²) in [6.45, 7) is 3.15. The molecule has 0 saturated carbocycles. The monoisotopic (exact) mass is 286 g/mol. The van der Waals surface area contributed by atoms with Crippen molar-refractivity contribution < 1.29 is 17.6 Å². The third-order valence-corrected chi connectivity index (χ3v) is 5.56. The van der Waals surface area contributed by atoms with Crippen molar-refractivity contribution in [3.63, 3.8) is 0 Å². The lowest BCUT2D eigenvalue weighted by Gasteiger charge is -2.43. The van der Waals surface area contributed by atoms with Crippen LogP contribution in [-0.2, 0) is 14.8 Å². The molecule has 2 rings (SSSR count). The number of rotatable bonds is 4. The molecule has 0 unspecified atom stereocenters. The fourth-order valence-corrected chi connectivity index (χ4v) is 3.38. The van der Waals surface area contributed by atoms with Crippen LogP contribution in [0.5, 0.6) is 0 Å². The predicted molar refractivity (Wildman–Crippen MR) is 69.6 cm³/mol. The lowest BCUT2D eigenvalue weighted by molar-refractivity contribution is -0.132. The van der Waals surface area contributed by atoms with E-state index in [0.717, 1.165) is 4.31 Å². The highest BCUT2D eigenvalue weighted by atomic mass is 32.2. The zero-order chi connectivity index (χ0) is 14.3. The minimum atomic E-state index is -3.53. The van der Waals surface area contributed by atoms with Crippen LogP contribution in [0, 0.1) is 5.82 Å². The number of anilines is 1. The lowest BCUT2D eigenvalue weighted by Crippen LogP contribution is -2.67. The number of nitrogens with zero attached hydrogens (tertiary/aromatic N) is 1. The van der Waals surface area contributed by atoms with Gasteiger partial charge < -0.3 is 5.32 Å². The molecule has 19 heavy (non-hydrogen) atoms. The van der Waals surface area contributed by atoms with Crippen LogP contribution < -0.4 is 5.32 Å². The molecule has 0 bridgehead atoms. The van der Waals surface area contributed by atoms with E-state index in [4.69, 9.17) is 0 Å². The van der Waals surface area contributed by atoms with Gasteiger partial charge in [0.15, 0.2) is 4.75 Å². The average Bonchev–Trinajstić information content (AvgIpc) is 2.35. The maximum absolute atomic E-state index is 12.7. The maximum Gasteiger partial charge on any atom is 0.258 e. The molecule has 0 radical (unpaired) electrons. The Labute approximate surface area is 111 Å². The lowest BCUT2D eigenvalue weighted by atomic mass is 10.2. The summed E-state index contributed by atoms with van der Waals surface area (Å²) in [5, 5.41) is 2.93. The number of hydrogen-bond acceptors (Lipinski definition) is 4. The molecule has 1 amide bonds. The summed E-state index contributed by atoms with van der Waals surface area (Å²) in [6, 6.07) is 5.70. The zero-order valence-electron chi connectivity index (χ0n) is 10.7. The molecule has 0 aromatic heterocycles. The van der Waals surface area contributed by atoms with Crippen molar-refractivity contribution in [1.29, 1.82) is 0 Å². The Morgan fingerprint density at radius 3 is 2.37 bits per heavy atom. The number of halogens is 1. The van der Waals surface area contributed by atoms with Crippen molar-refractivity contribution in [2.75, 3.05) is 18.4 Å². The number of amides is 1. The minimum absolute atomic E-state index is 0.0714. The van der Waals surface area contributed by atoms with Gasteiger partial charge in [0.25, 0.3) is 15.9 Å². The normalized spacial score (nSPS) is 19.9. The predicted octanol–water partition coefficient (Wildman–Crippen LogP) is 1.19. The van der Waals surface area contributed by atoms with Gasteiger partial charge in [-0.1, -0.05) is 0 Å². The number of hydrogen-bond donors (Lipinski definition) is 1. The second kappa shape index (κ2) is 4.48. The van der Waals surface area contributed by atoms with Crippen molar-refractivity contribution in [1.82, 2.24) is 4.31 Å². The number of nitrogens with one attached hydrogen (secondary N) is 1. The molecule has 7 heteroatoms. The van der Waals surface area contributed by atoms with Gasteiger partial charge in [0, 0.05) is 12.2 Å². The number of sulfonamides is 1. The fraction of sp³-hybridized carbons (Fsp3) is 0.417. The molecular weight excluding hydrogens is 271 g/mol. The molecule has 5 nitrogen and oxygen atoms in total. The molecule has 0 atom stereocenters. The van der Waals surface area contributed by atoms with E-state index in [1.807, 2.05) is 0 Å². The second-order valence-corrected chi connectivity index (χ2v) is 7.24. The maximum atomic E-state index is 12.7. The molecule has 0 aliphatic carbocycles. The number of carbonyl (C=O) groups is 1. The largest absolute Gasteiger partial charge is 0.383 e. The Balaban J connectivity index is 1.91. The molecule has 1 saturated heterocycles. The molecule has 1 heterocycles. The Kier molecular flexibility index (Phi) is 3.25. The van der Waals surface area contributed by atoms with Crippen molar-refractivity contribution in [2.24, 2.45) is 0 Å². The Morgan fingerprint density at radius 2 is 1.84 bits per heavy atom. The first kappa shape index (κ1) is 13.8. The third kappa shape index (κ3) is 2.18.